The van der Waals surface area contributed by atoms with Gasteiger partial charge in [-0.25, -0.2) is 13.2 Å². The molecule has 12 nitrogen and oxygen atoms in total. The number of ether oxygens (including phenoxy) is 2. The topological polar surface area (TPSA) is 125 Å². The Bertz CT molecular complexity index is 1700. The van der Waals surface area contributed by atoms with E-state index in [1.807, 2.05) is 41.8 Å². The molecule has 0 bridgehead atoms. The van der Waals surface area contributed by atoms with Gasteiger partial charge in [-0.05, 0) is 62.0 Å². The van der Waals surface area contributed by atoms with Crippen molar-refractivity contribution < 1.29 is 27.5 Å². The molecule has 1 aromatic heterocycles. The lowest BCUT2D eigenvalue weighted by molar-refractivity contribution is -0.137. The summed E-state index contributed by atoms with van der Waals surface area (Å²) in [6.45, 7) is 8.82. The zero-order valence-corrected chi connectivity index (χ0v) is 28.4. The molecule has 5 rings (SSSR count). The lowest BCUT2D eigenvalue weighted by atomic mass is 10.0. The Hall–Kier alpha value is -3.81. The number of methoxy groups -OCH3 is 1. The standard InChI is InChI=1S/C33H46N6O6S/c1-22(2)17-23-18-26(31(44-5)27(19-23)35-46(6,42)43)34-33(41)45-29-20-24-9-7-10-25(30(24)37(29)4)21-38-13-15-39(16-14-38)32(40)28-11-8-12-36(28)3/h7,9-10,18-20,22,28,35H,8,11-17,21H2,1-6H3,(H,34,41)/t28-/m0/s1. The molecule has 2 saturated heterocycles. The fourth-order valence-corrected chi connectivity index (χ4v) is 7.15. The summed E-state index contributed by atoms with van der Waals surface area (Å²) in [6.07, 6.45) is 3.01. The summed E-state index contributed by atoms with van der Waals surface area (Å²) in [5.41, 5.74) is 3.44. The van der Waals surface area contributed by atoms with E-state index in [4.69, 9.17) is 9.47 Å². The van der Waals surface area contributed by atoms with Gasteiger partial charge in [-0.2, -0.15) is 0 Å². The molecule has 46 heavy (non-hydrogen) atoms. The highest BCUT2D eigenvalue weighted by Crippen LogP contribution is 2.37. The van der Waals surface area contributed by atoms with E-state index in [2.05, 4.69) is 39.8 Å². The van der Waals surface area contributed by atoms with Gasteiger partial charge < -0.3 is 18.9 Å². The third-order valence-electron chi connectivity index (χ3n) is 8.71. The Morgan fingerprint density at radius 1 is 1.02 bits per heavy atom. The van der Waals surface area contributed by atoms with Crippen LogP contribution in [0.25, 0.3) is 10.9 Å². The Kier molecular flexibility index (Phi) is 10.1. The highest BCUT2D eigenvalue weighted by molar-refractivity contribution is 7.92. The van der Waals surface area contributed by atoms with E-state index in [1.54, 1.807) is 12.1 Å². The zero-order chi connectivity index (χ0) is 33.2. The van der Waals surface area contributed by atoms with Gasteiger partial charge in [0.05, 0.1) is 36.3 Å². The second kappa shape index (κ2) is 13.9. The van der Waals surface area contributed by atoms with Crippen LogP contribution in [0.15, 0.2) is 36.4 Å². The molecule has 0 aliphatic carbocycles. The number of aryl methyl sites for hydroxylation is 1. The van der Waals surface area contributed by atoms with E-state index in [9.17, 15) is 18.0 Å². The minimum Gasteiger partial charge on any atom is -0.492 e. The summed E-state index contributed by atoms with van der Waals surface area (Å²) in [4.78, 5) is 32.8. The van der Waals surface area contributed by atoms with Crippen molar-refractivity contribution in [1.82, 2.24) is 19.3 Å². The maximum Gasteiger partial charge on any atom is 0.418 e. The summed E-state index contributed by atoms with van der Waals surface area (Å²) < 4.78 is 39.8. The van der Waals surface area contributed by atoms with E-state index in [0.29, 0.717) is 43.5 Å². The van der Waals surface area contributed by atoms with Gasteiger partial charge in [-0.3, -0.25) is 24.6 Å². The predicted octanol–water partition coefficient (Wildman–Crippen LogP) is 4.11. The van der Waals surface area contributed by atoms with Crippen molar-refractivity contribution in [3.63, 3.8) is 0 Å². The lowest BCUT2D eigenvalue weighted by Gasteiger charge is -2.37. The molecule has 0 spiro atoms. The molecule has 3 heterocycles. The summed E-state index contributed by atoms with van der Waals surface area (Å²) in [7, 11) is 1.71. The van der Waals surface area contributed by atoms with Crippen LogP contribution in [0.4, 0.5) is 16.2 Å². The fourth-order valence-electron chi connectivity index (χ4n) is 6.60. The number of hydrogen-bond donors (Lipinski definition) is 2. The van der Waals surface area contributed by atoms with Crippen molar-refractivity contribution in [2.75, 3.05) is 63.2 Å². The molecule has 0 unspecified atom stereocenters. The van der Waals surface area contributed by atoms with E-state index in [-0.39, 0.29) is 23.4 Å². The largest absolute Gasteiger partial charge is 0.492 e. The molecule has 2 fully saturated rings. The van der Waals surface area contributed by atoms with Gasteiger partial charge in [0, 0.05) is 51.2 Å². The first-order valence-electron chi connectivity index (χ1n) is 15.8. The van der Waals surface area contributed by atoms with Crippen LogP contribution in [-0.4, -0.2) is 98.9 Å². The quantitative estimate of drug-likeness (QED) is 0.335. The van der Waals surface area contributed by atoms with Crippen LogP contribution in [0.2, 0.25) is 0 Å². The maximum absolute atomic E-state index is 13.2. The van der Waals surface area contributed by atoms with Crippen LogP contribution in [0.1, 0.15) is 37.8 Å². The SMILES string of the molecule is COc1c(NC(=O)Oc2cc3cccc(CN4CCN(C(=O)[C@@H]5CCCN5C)CC4)c3n2C)cc(CC(C)C)cc1NS(C)(=O)=O. The minimum absolute atomic E-state index is 0.00978. The number of likely N-dealkylation sites (tertiary alicyclic amines) is 1. The number of sulfonamides is 1. The molecule has 2 aliphatic heterocycles. The second-order valence-electron chi connectivity index (χ2n) is 12.8. The molecule has 3 aromatic rings. The van der Waals surface area contributed by atoms with Crippen LogP contribution in [0.5, 0.6) is 11.6 Å². The average Bonchev–Trinajstić information content (AvgIpc) is 3.54. The van der Waals surface area contributed by atoms with E-state index < -0.39 is 16.1 Å². The number of carbonyl (C=O) groups is 2. The third-order valence-corrected chi connectivity index (χ3v) is 9.30. The number of benzene rings is 2. The summed E-state index contributed by atoms with van der Waals surface area (Å²) in [5.74, 6) is 1.10. The molecular formula is C33H46N6O6S. The molecule has 250 valence electrons. The van der Waals surface area contributed by atoms with Gasteiger partial charge in [0.15, 0.2) is 5.75 Å². The molecular weight excluding hydrogens is 608 g/mol. The zero-order valence-electron chi connectivity index (χ0n) is 27.6. The first-order chi connectivity index (χ1) is 21.8. The number of nitrogens with one attached hydrogen (secondary N) is 2. The van der Waals surface area contributed by atoms with Crippen molar-refractivity contribution in [3.8, 4) is 11.6 Å². The van der Waals surface area contributed by atoms with Crippen LogP contribution in [0, 0.1) is 5.92 Å². The number of amides is 2. The Labute approximate surface area is 271 Å². The molecule has 2 aliphatic rings. The molecule has 13 heteroatoms. The van der Waals surface area contributed by atoms with Gasteiger partial charge in [-0.15, -0.1) is 0 Å². The Morgan fingerprint density at radius 2 is 1.74 bits per heavy atom. The molecule has 2 amide bonds. The fraction of sp³-hybridized carbons (Fsp3) is 0.515. The van der Waals surface area contributed by atoms with Gasteiger partial charge >= 0.3 is 6.09 Å². The monoisotopic (exact) mass is 654 g/mol. The number of para-hydroxylation sites is 1. The minimum atomic E-state index is -3.60. The molecule has 1 atom stereocenters. The molecule has 0 radical (unpaired) electrons. The van der Waals surface area contributed by atoms with Gasteiger partial charge in [0.2, 0.25) is 21.8 Å². The Morgan fingerprint density at radius 3 is 2.37 bits per heavy atom. The number of aromatic nitrogens is 1. The summed E-state index contributed by atoms with van der Waals surface area (Å²) in [6, 6.07) is 11.4. The predicted molar refractivity (Wildman–Crippen MR) is 180 cm³/mol. The van der Waals surface area contributed by atoms with Crippen molar-refractivity contribution in [2.24, 2.45) is 13.0 Å². The number of nitrogens with zero attached hydrogens (tertiary/aromatic N) is 4. The number of anilines is 2. The van der Waals surface area contributed by atoms with Crippen molar-refractivity contribution >= 4 is 44.3 Å². The van der Waals surface area contributed by atoms with Crippen LogP contribution in [-0.2, 0) is 34.8 Å². The van der Waals surface area contributed by atoms with Crippen LogP contribution in [0.3, 0.4) is 0 Å². The lowest BCUT2D eigenvalue weighted by Crippen LogP contribution is -2.52. The first kappa shape index (κ1) is 33.6. The smallest absolute Gasteiger partial charge is 0.418 e. The number of likely N-dealkylation sites (N-methyl/N-ethyl adjacent to an activating group) is 1. The molecule has 2 aromatic carbocycles. The Balaban J connectivity index is 1.29. The highest BCUT2D eigenvalue weighted by Gasteiger charge is 2.33. The van der Waals surface area contributed by atoms with Crippen LogP contribution < -0.4 is 19.5 Å². The number of piperazine rings is 1. The van der Waals surface area contributed by atoms with E-state index in [0.717, 1.165) is 60.8 Å². The van der Waals surface area contributed by atoms with Crippen LogP contribution >= 0.6 is 0 Å². The number of rotatable bonds is 10. The summed E-state index contributed by atoms with van der Waals surface area (Å²) >= 11 is 0. The summed E-state index contributed by atoms with van der Waals surface area (Å²) in [5, 5.41) is 3.70. The number of carbonyl (C=O) groups excluding carboxylic acids is 2. The molecule has 2 N–H and O–H groups in total. The number of hydrogen-bond acceptors (Lipinski definition) is 8. The van der Waals surface area contributed by atoms with Gasteiger partial charge in [0.1, 0.15) is 0 Å². The second-order valence-corrected chi connectivity index (χ2v) is 14.6. The third kappa shape index (κ3) is 7.76. The molecule has 0 saturated carbocycles. The normalized spacial score (nSPS) is 17.9. The van der Waals surface area contributed by atoms with E-state index in [1.165, 1.54) is 7.11 Å². The number of fused-ring (bicyclic) bond motifs is 1. The highest BCUT2D eigenvalue weighted by atomic mass is 32.2. The van der Waals surface area contributed by atoms with Crippen molar-refractivity contribution in [3.05, 3.63) is 47.5 Å². The maximum atomic E-state index is 13.2. The average molecular weight is 655 g/mol. The van der Waals surface area contributed by atoms with Crippen molar-refractivity contribution in [2.45, 2.75) is 45.7 Å². The first-order valence-corrected chi connectivity index (χ1v) is 17.7. The van der Waals surface area contributed by atoms with E-state index >= 15 is 0 Å². The van der Waals surface area contributed by atoms with Crippen molar-refractivity contribution in [1.29, 1.82) is 0 Å². The van der Waals surface area contributed by atoms with Gasteiger partial charge in [-0.1, -0.05) is 32.0 Å². The van der Waals surface area contributed by atoms with Gasteiger partial charge in [0.25, 0.3) is 0 Å².